The fourth-order valence-corrected chi connectivity index (χ4v) is 2.09. The molecular weight excluding hydrogens is 226 g/mol. The number of hydrogen-bond donors (Lipinski definition) is 1. The van der Waals surface area contributed by atoms with Crippen LogP contribution < -0.4 is 4.72 Å². The van der Waals surface area contributed by atoms with E-state index in [4.69, 9.17) is 11.6 Å². The molecule has 0 amide bonds. The Morgan fingerprint density at radius 1 is 1.57 bits per heavy atom. The van der Waals surface area contributed by atoms with E-state index in [9.17, 15) is 8.42 Å². The first-order valence-corrected chi connectivity index (χ1v) is 6.05. The Morgan fingerprint density at radius 3 is 2.86 bits per heavy atom. The van der Waals surface area contributed by atoms with Crippen LogP contribution in [-0.2, 0) is 10.0 Å². The molecule has 0 aliphatic rings. The standard InChI is InChI=1S/C7H10ClN3O2S/c1-2-5-14(12,13)11-6-3-4-9-7(8)10-6/h3-4H,2,5H2,1H3,(H,9,10,11). The van der Waals surface area contributed by atoms with E-state index >= 15 is 0 Å². The molecule has 0 aliphatic heterocycles. The Balaban J connectivity index is 2.79. The number of rotatable bonds is 4. The molecule has 7 heteroatoms. The van der Waals surface area contributed by atoms with Gasteiger partial charge in [0.2, 0.25) is 15.3 Å². The van der Waals surface area contributed by atoms with Crippen LogP contribution in [-0.4, -0.2) is 24.1 Å². The maximum absolute atomic E-state index is 11.3. The minimum absolute atomic E-state index is 0.0155. The van der Waals surface area contributed by atoms with Crippen LogP contribution in [0.25, 0.3) is 0 Å². The van der Waals surface area contributed by atoms with Crippen molar-refractivity contribution in [3.63, 3.8) is 0 Å². The number of sulfonamides is 1. The number of aromatic nitrogens is 2. The van der Waals surface area contributed by atoms with Gasteiger partial charge < -0.3 is 0 Å². The third-order valence-electron chi connectivity index (χ3n) is 1.36. The zero-order chi connectivity index (χ0) is 10.6. The fraction of sp³-hybridized carbons (Fsp3) is 0.429. The van der Waals surface area contributed by atoms with Crippen molar-refractivity contribution in [1.29, 1.82) is 0 Å². The van der Waals surface area contributed by atoms with E-state index in [1.807, 2.05) is 0 Å². The summed E-state index contributed by atoms with van der Waals surface area (Å²) in [5.41, 5.74) is 0. The van der Waals surface area contributed by atoms with Crippen molar-refractivity contribution >= 4 is 27.4 Å². The molecule has 0 spiro atoms. The average Bonchev–Trinajstić information content (AvgIpc) is 2.02. The van der Waals surface area contributed by atoms with Crippen LogP contribution in [0.3, 0.4) is 0 Å². The molecule has 0 radical (unpaired) electrons. The lowest BCUT2D eigenvalue weighted by Crippen LogP contribution is -2.16. The Kier molecular flexibility index (Phi) is 3.65. The molecule has 0 saturated heterocycles. The number of nitrogens with one attached hydrogen (secondary N) is 1. The summed E-state index contributed by atoms with van der Waals surface area (Å²) in [5.74, 6) is 0.257. The molecule has 0 saturated carbocycles. The molecule has 1 rings (SSSR count). The van der Waals surface area contributed by atoms with Crippen molar-refractivity contribution in [2.45, 2.75) is 13.3 Å². The minimum Gasteiger partial charge on any atom is -0.267 e. The van der Waals surface area contributed by atoms with Gasteiger partial charge >= 0.3 is 0 Å². The summed E-state index contributed by atoms with van der Waals surface area (Å²) in [5, 5.41) is 0.0155. The lowest BCUT2D eigenvalue weighted by Gasteiger charge is -2.04. The average molecular weight is 236 g/mol. The van der Waals surface area contributed by atoms with Crippen molar-refractivity contribution < 1.29 is 8.42 Å². The molecule has 1 aromatic rings. The second-order valence-electron chi connectivity index (χ2n) is 2.63. The molecular formula is C7H10ClN3O2S. The summed E-state index contributed by atoms with van der Waals surface area (Å²) in [6.45, 7) is 1.78. The molecule has 78 valence electrons. The summed E-state index contributed by atoms with van der Waals surface area (Å²) in [6.07, 6.45) is 1.94. The number of hydrogen-bond acceptors (Lipinski definition) is 4. The van der Waals surface area contributed by atoms with Crippen LogP contribution in [0.1, 0.15) is 13.3 Å². The molecule has 0 fully saturated rings. The van der Waals surface area contributed by atoms with Crippen molar-refractivity contribution in [3.8, 4) is 0 Å². The maximum atomic E-state index is 11.3. The van der Waals surface area contributed by atoms with Crippen molar-refractivity contribution in [3.05, 3.63) is 17.5 Å². The van der Waals surface area contributed by atoms with E-state index in [1.54, 1.807) is 6.92 Å². The van der Waals surface area contributed by atoms with Gasteiger partial charge in [0.1, 0.15) is 5.82 Å². The molecule has 0 unspecified atom stereocenters. The predicted octanol–water partition coefficient (Wildman–Crippen LogP) is 1.28. The maximum Gasteiger partial charge on any atom is 0.233 e. The molecule has 0 aliphatic carbocycles. The van der Waals surface area contributed by atoms with E-state index in [1.165, 1.54) is 12.3 Å². The fourth-order valence-electron chi connectivity index (χ4n) is 0.871. The van der Waals surface area contributed by atoms with Gasteiger partial charge in [0, 0.05) is 6.20 Å². The highest BCUT2D eigenvalue weighted by molar-refractivity contribution is 7.92. The summed E-state index contributed by atoms with van der Waals surface area (Å²) in [4.78, 5) is 7.34. The van der Waals surface area contributed by atoms with Crippen LogP contribution in [0, 0.1) is 0 Å². The first-order chi connectivity index (χ1) is 6.53. The second kappa shape index (κ2) is 4.56. The molecule has 14 heavy (non-hydrogen) atoms. The lowest BCUT2D eigenvalue weighted by atomic mass is 10.6. The minimum atomic E-state index is -3.30. The highest BCUT2D eigenvalue weighted by atomic mass is 35.5. The van der Waals surface area contributed by atoms with Crippen molar-refractivity contribution in [2.24, 2.45) is 0 Å². The first kappa shape index (κ1) is 11.2. The Hall–Kier alpha value is -0.880. The Morgan fingerprint density at radius 2 is 2.29 bits per heavy atom. The van der Waals surface area contributed by atoms with Gasteiger partial charge in [-0.1, -0.05) is 6.92 Å². The summed E-state index contributed by atoms with van der Waals surface area (Å²) < 4.78 is 24.9. The molecule has 0 aromatic carbocycles. The van der Waals surface area contributed by atoms with Crippen LogP contribution in [0.15, 0.2) is 12.3 Å². The Bertz CT molecular complexity index is 407. The van der Waals surface area contributed by atoms with Crippen LogP contribution in [0.2, 0.25) is 5.28 Å². The molecule has 0 atom stereocenters. The first-order valence-electron chi connectivity index (χ1n) is 4.02. The van der Waals surface area contributed by atoms with Gasteiger partial charge in [0.05, 0.1) is 5.75 Å². The summed E-state index contributed by atoms with van der Waals surface area (Å²) in [6, 6.07) is 1.44. The van der Waals surface area contributed by atoms with Crippen molar-refractivity contribution in [1.82, 2.24) is 9.97 Å². The SMILES string of the molecule is CCCS(=O)(=O)Nc1ccnc(Cl)n1. The van der Waals surface area contributed by atoms with E-state index in [2.05, 4.69) is 14.7 Å². The summed E-state index contributed by atoms with van der Waals surface area (Å²) >= 11 is 5.49. The quantitative estimate of drug-likeness (QED) is 0.798. The van der Waals surface area contributed by atoms with Gasteiger partial charge in [0.15, 0.2) is 0 Å². The monoisotopic (exact) mass is 235 g/mol. The van der Waals surface area contributed by atoms with E-state index in [-0.39, 0.29) is 16.9 Å². The summed E-state index contributed by atoms with van der Waals surface area (Å²) in [7, 11) is -3.30. The van der Waals surface area contributed by atoms with Gasteiger partial charge in [0.25, 0.3) is 0 Å². The van der Waals surface area contributed by atoms with Crippen LogP contribution in [0.5, 0.6) is 0 Å². The molecule has 5 nitrogen and oxygen atoms in total. The third kappa shape index (κ3) is 3.47. The molecule has 1 N–H and O–H groups in total. The van der Waals surface area contributed by atoms with Crippen molar-refractivity contribution in [2.75, 3.05) is 10.5 Å². The van der Waals surface area contributed by atoms with Gasteiger partial charge in [-0.3, -0.25) is 4.72 Å². The molecule has 1 aromatic heterocycles. The topological polar surface area (TPSA) is 72.0 Å². The molecule has 1 heterocycles. The van der Waals surface area contributed by atoms with Crippen LogP contribution >= 0.6 is 11.6 Å². The second-order valence-corrected chi connectivity index (χ2v) is 4.81. The largest absolute Gasteiger partial charge is 0.267 e. The van der Waals surface area contributed by atoms with Gasteiger partial charge in [-0.25, -0.2) is 13.4 Å². The normalized spacial score (nSPS) is 11.3. The number of halogens is 1. The zero-order valence-corrected chi connectivity index (χ0v) is 9.14. The predicted molar refractivity (Wildman–Crippen MR) is 54.7 cm³/mol. The highest BCUT2D eigenvalue weighted by Gasteiger charge is 2.09. The highest BCUT2D eigenvalue weighted by Crippen LogP contribution is 2.08. The van der Waals surface area contributed by atoms with Gasteiger partial charge in [-0.05, 0) is 24.1 Å². The number of nitrogens with zero attached hydrogens (tertiary/aromatic N) is 2. The number of anilines is 1. The zero-order valence-electron chi connectivity index (χ0n) is 7.57. The van der Waals surface area contributed by atoms with E-state index in [0.717, 1.165) is 0 Å². The smallest absolute Gasteiger partial charge is 0.233 e. The Labute approximate surface area is 87.6 Å². The lowest BCUT2D eigenvalue weighted by molar-refractivity contribution is 0.599. The molecule has 0 bridgehead atoms. The van der Waals surface area contributed by atoms with E-state index in [0.29, 0.717) is 6.42 Å². The third-order valence-corrected chi connectivity index (χ3v) is 3.01. The van der Waals surface area contributed by atoms with E-state index < -0.39 is 10.0 Å². The van der Waals surface area contributed by atoms with Gasteiger partial charge in [-0.2, -0.15) is 4.98 Å². The van der Waals surface area contributed by atoms with Gasteiger partial charge in [-0.15, -0.1) is 0 Å². The van der Waals surface area contributed by atoms with Crippen LogP contribution in [0.4, 0.5) is 5.82 Å².